The van der Waals surface area contributed by atoms with Gasteiger partial charge in [0.1, 0.15) is 11.9 Å². The molecule has 4 nitrogen and oxygen atoms in total. The van der Waals surface area contributed by atoms with E-state index in [0.717, 1.165) is 32.4 Å². The maximum atomic E-state index is 11.7. The van der Waals surface area contributed by atoms with Crippen LogP contribution < -0.4 is 4.74 Å². The fourth-order valence-electron chi connectivity index (χ4n) is 4.56. The van der Waals surface area contributed by atoms with E-state index in [2.05, 4.69) is 38.3 Å². The molecule has 1 aromatic rings. The number of esters is 1. The van der Waals surface area contributed by atoms with E-state index in [4.69, 9.17) is 4.74 Å². The van der Waals surface area contributed by atoms with E-state index in [-0.39, 0.29) is 5.41 Å². The molecule has 4 heteroatoms. The van der Waals surface area contributed by atoms with Gasteiger partial charge in [0.15, 0.2) is 0 Å². The van der Waals surface area contributed by atoms with Crippen LogP contribution in [-0.2, 0) is 16.6 Å². The molecule has 1 heterocycles. The summed E-state index contributed by atoms with van der Waals surface area (Å²) in [5.41, 5.74) is 3.99. The van der Waals surface area contributed by atoms with Crippen molar-refractivity contribution in [3.05, 3.63) is 41.5 Å². The second-order valence-corrected chi connectivity index (χ2v) is 8.39. The quantitative estimate of drug-likeness (QED) is 0.498. The molecule has 1 N–H and O–H groups in total. The molecule has 3 rings (SSSR count). The third-order valence-electron chi connectivity index (χ3n) is 6.48. The number of hydrogen-bond donors (Lipinski definition) is 1. The molecule has 142 valence electrons. The molecule has 1 saturated heterocycles. The van der Waals surface area contributed by atoms with E-state index in [1.54, 1.807) is 0 Å². The average molecular weight is 357 g/mol. The van der Waals surface area contributed by atoms with Crippen LogP contribution in [0.25, 0.3) is 0 Å². The highest BCUT2D eigenvalue weighted by Crippen LogP contribution is 2.49. The highest BCUT2D eigenvalue weighted by Gasteiger charge is 2.48. The molecule has 0 saturated carbocycles. The number of piperidine rings is 1. The zero-order valence-electron chi connectivity index (χ0n) is 16.4. The van der Waals surface area contributed by atoms with Crippen molar-refractivity contribution in [3.8, 4) is 5.75 Å². The summed E-state index contributed by atoms with van der Waals surface area (Å²) < 4.78 is 5.34. The number of rotatable bonds is 5. The minimum Gasteiger partial charge on any atom is -0.425 e. The number of carbonyl (C=O) groups excluding carboxylic acids is 1. The monoisotopic (exact) mass is 357 g/mol. The maximum absolute atomic E-state index is 11.7. The molecule has 0 radical (unpaired) electrons. The molecular weight excluding hydrogens is 326 g/mol. The zero-order chi connectivity index (χ0) is 19.1. The van der Waals surface area contributed by atoms with Gasteiger partial charge in [-0.15, -0.1) is 6.58 Å². The number of nitrogens with zero attached hydrogens (tertiary/aromatic N) is 1. The van der Waals surface area contributed by atoms with Crippen molar-refractivity contribution in [2.24, 2.45) is 5.92 Å². The topological polar surface area (TPSA) is 49.8 Å². The molecule has 0 amide bonds. The number of ether oxygens (including phenoxy) is 1. The molecule has 4 unspecified atom stereocenters. The summed E-state index contributed by atoms with van der Waals surface area (Å²) >= 11 is 0. The van der Waals surface area contributed by atoms with Gasteiger partial charge in [-0.2, -0.15) is 0 Å². The molecule has 2 aliphatic rings. The van der Waals surface area contributed by atoms with E-state index in [9.17, 15) is 9.90 Å². The van der Waals surface area contributed by atoms with Crippen molar-refractivity contribution in [1.29, 1.82) is 0 Å². The van der Waals surface area contributed by atoms with Crippen LogP contribution >= 0.6 is 0 Å². The van der Waals surface area contributed by atoms with Crippen molar-refractivity contribution in [2.75, 3.05) is 13.1 Å². The molecular formula is C22H31NO3. The van der Waals surface area contributed by atoms with E-state index in [0.29, 0.717) is 17.7 Å². The Balaban J connectivity index is 1.87. The van der Waals surface area contributed by atoms with Crippen LogP contribution in [0.1, 0.15) is 51.7 Å². The number of benzene rings is 1. The Morgan fingerprint density at radius 3 is 2.88 bits per heavy atom. The number of aliphatic hydroxyl groups is 1. The summed E-state index contributed by atoms with van der Waals surface area (Å²) in [5, 5.41) is 9.39. The van der Waals surface area contributed by atoms with Crippen molar-refractivity contribution in [1.82, 2.24) is 4.90 Å². The minimum absolute atomic E-state index is 0.0885. The average Bonchev–Trinajstić information content (AvgIpc) is 2.57. The standard InChI is InChI=1S/C22H31NO3/c1-14(2)8-10-23-11-9-22(5)15(3)20(23)12-17-6-7-18(13-19(17)22)26-21(25)16(4)24/h6-7,13,15-16,20,24H,1,8-12H2,2-5H3. The van der Waals surface area contributed by atoms with Crippen molar-refractivity contribution < 1.29 is 14.6 Å². The molecule has 4 atom stereocenters. The van der Waals surface area contributed by atoms with Crippen LogP contribution in [0.15, 0.2) is 30.4 Å². The summed E-state index contributed by atoms with van der Waals surface area (Å²) in [5.74, 6) is 0.467. The van der Waals surface area contributed by atoms with Crippen LogP contribution in [0.4, 0.5) is 0 Å². The Morgan fingerprint density at radius 1 is 1.50 bits per heavy atom. The Morgan fingerprint density at radius 2 is 2.23 bits per heavy atom. The van der Waals surface area contributed by atoms with Crippen LogP contribution in [0.5, 0.6) is 5.75 Å². The highest BCUT2D eigenvalue weighted by atomic mass is 16.5. The third-order valence-corrected chi connectivity index (χ3v) is 6.48. The second-order valence-electron chi connectivity index (χ2n) is 8.39. The summed E-state index contributed by atoms with van der Waals surface area (Å²) in [7, 11) is 0. The Labute approximate surface area is 156 Å². The lowest BCUT2D eigenvalue weighted by atomic mass is 9.59. The Kier molecular flexibility index (Phi) is 5.27. The molecule has 1 aliphatic carbocycles. The number of aliphatic hydroxyl groups excluding tert-OH is 1. The Hall–Kier alpha value is -1.65. The van der Waals surface area contributed by atoms with E-state index in [1.165, 1.54) is 23.6 Å². The Bertz CT molecular complexity index is 711. The largest absolute Gasteiger partial charge is 0.425 e. The fourth-order valence-corrected chi connectivity index (χ4v) is 4.56. The van der Waals surface area contributed by atoms with Crippen LogP contribution in [0.3, 0.4) is 0 Å². The lowest BCUT2D eigenvalue weighted by molar-refractivity contribution is -0.142. The van der Waals surface area contributed by atoms with Gasteiger partial charge in [0.2, 0.25) is 0 Å². The van der Waals surface area contributed by atoms with Gasteiger partial charge >= 0.3 is 5.97 Å². The van der Waals surface area contributed by atoms with Crippen molar-refractivity contribution in [3.63, 3.8) is 0 Å². The summed E-state index contributed by atoms with van der Waals surface area (Å²) in [4.78, 5) is 14.4. The molecule has 2 bridgehead atoms. The SMILES string of the molecule is C=C(C)CCN1CCC2(C)c3cc(OC(=O)C(C)O)ccc3CC1C2C. The number of carbonyl (C=O) groups is 1. The number of likely N-dealkylation sites (tertiary alicyclic amines) is 1. The first kappa shape index (κ1) is 19.1. The summed E-state index contributed by atoms with van der Waals surface area (Å²) in [6.45, 7) is 14.5. The lowest BCUT2D eigenvalue weighted by Crippen LogP contribution is -2.58. The molecule has 26 heavy (non-hydrogen) atoms. The predicted octanol–water partition coefficient (Wildman–Crippen LogP) is 3.46. The first-order chi connectivity index (χ1) is 12.2. The van der Waals surface area contributed by atoms with Gasteiger partial charge in [0, 0.05) is 12.6 Å². The van der Waals surface area contributed by atoms with Gasteiger partial charge in [-0.05, 0) is 74.2 Å². The number of hydrogen-bond acceptors (Lipinski definition) is 4. The van der Waals surface area contributed by atoms with Crippen LogP contribution in [-0.4, -0.2) is 41.2 Å². The van der Waals surface area contributed by atoms with Gasteiger partial charge in [0.05, 0.1) is 0 Å². The normalized spacial score (nSPS) is 29.0. The number of fused-ring (bicyclic) bond motifs is 4. The van der Waals surface area contributed by atoms with Crippen LogP contribution in [0, 0.1) is 5.92 Å². The smallest absolute Gasteiger partial charge is 0.340 e. The first-order valence-corrected chi connectivity index (χ1v) is 9.64. The van der Waals surface area contributed by atoms with E-state index >= 15 is 0 Å². The predicted molar refractivity (Wildman–Crippen MR) is 103 cm³/mol. The summed E-state index contributed by atoms with van der Waals surface area (Å²) in [6, 6.07) is 6.52. The van der Waals surface area contributed by atoms with Gasteiger partial charge in [-0.25, -0.2) is 4.79 Å². The van der Waals surface area contributed by atoms with Gasteiger partial charge in [-0.1, -0.05) is 25.5 Å². The first-order valence-electron chi connectivity index (χ1n) is 9.64. The van der Waals surface area contributed by atoms with Gasteiger partial charge in [0.25, 0.3) is 0 Å². The molecule has 1 fully saturated rings. The minimum atomic E-state index is -1.11. The molecule has 0 aromatic heterocycles. The highest BCUT2D eigenvalue weighted by molar-refractivity contribution is 5.76. The molecule has 1 aliphatic heterocycles. The fraction of sp³-hybridized carbons (Fsp3) is 0.591. The van der Waals surface area contributed by atoms with Crippen LogP contribution in [0.2, 0.25) is 0 Å². The van der Waals surface area contributed by atoms with E-state index in [1.807, 2.05) is 12.1 Å². The summed E-state index contributed by atoms with van der Waals surface area (Å²) in [6.07, 6.45) is 2.08. The zero-order valence-corrected chi connectivity index (χ0v) is 16.4. The lowest BCUT2D eigenvalue weighted by Gasteiger charge is -2.54. The molecule has 1 aromatic carbocycles. The molecule has 0 spiro atoms. The maximum Gasteiger partial charge on any atom is 0.340 e. The third kappa shape index (κ3) is 3.45. The van der Waals surface area contributed by atoms with Crippen molar-refractivity contribution >= 4 is 5.97 Å². The van der Waals surface area contributed by atoms with Gasteiger partial charge in [-0.3, -0.25) is 4.90 Å². The van der Waals surface area contributed by atoms with Gasteiger partial charge < -0.3 is 9.84 Å². The van der Waals surface area contributed by atoms with E-state index < -0.39 is 12.1 Å². The van der Waals surface area contributed by atoms with Crippen molar-refractivity contribution in [2.45, 2.75) is 64.5 Å². The second kappa shape index (κ2) is 7.16.